The number of nitrogens with zero attached hydrogens (tertiary/aromatic N) is 1. The van der Waals surface area contributed by atoms with Gasteiger partial charge in [-0.1, -0.05) is 32.9 Å². The summed E-state index contributed by atoms with van der Waals surface area (Å²) < 4.78 is 0. The zero-order chi connectivity index (χ0) is 13.2. The van der Waals surface area contributed by atoms with E-state index in [2.05, 4.69) is 55.4 Å². The summed E-state index contributed by atoms with van der Waals surface area (Å²) in [5.74, 6) is 5.74. The van der Waals surface area contributed by atoms with Crippen molar-refractivity contribution in [1.29, 1.82) is 0 Å². The fourth-order valence-corrected chi connectivity index (χ4v) is 2.25. The van der Waals surface area contributed by atoms with E-state index in [0.717, 1.165) is 17.3 Å². The number of hydrogen-bond acceptors (Lipinski definition) is 3. The molecule has 0 fully saturated rings. The highest BCUT2D eigenvalue weighted by Gasteiger charge is 2.28. The van der Waals surface area contributed by atoms with E-state index >= 15 is 0 Å². The first-order chi connectivity index (χ1) is 8.58. The van der Waals surface area contributed by atoms with Crippen LogP contribution >= 0.6 is 0 Å². The lowest BCUT2D eigenvalue weighted by Gasteiger charge is -2.33. The Morgan fingerprint density at radius 2 is 2.11 bits per heavy atom. The average Bonchev–Trinajstić information content (AvgIpc) is 2.39. The Morgan fingerprint density at radius 1 is 1.33 bits per heavy atom. The number of pyridine rings is 1. The fourth-order valence-electron chi connectivity index (χ4n) is 2.25. The molecule has 3 nitrogen and oxygen atoms in total. The van der Waals surface area contributed by atoms with Crippen LogP contribution in [0.3, 0.4) is 0 Å². The first-order valence-corrected chi connectivity index (χ1v) is 6.39. The summed E-state index contributed by atoms with van der Waals surface area (Å²) in [5.41, 5.74) is 5.30. The summed E-state index contributed by atoms with van der Waals surface area (Å²) in [7, 11) is 0. The lowest BCUT2D eigenvalue weighted by Crippen LogP contribution is -2.38. The van der Waals surface area contributed by atoms with Crippen LogP contribution in [0, 0.1) is 5.41 Å². The molecule has 1 unspecified atom stereocenters. The highest BCUT2D eigenvalue weighted by atomic mass is 15.2. The van der Waals surface area contributed by atoms with E-state index in [0.29, 0.717) is 0 Å². The van der Waals surface area contributed by atoms with E-state index in [9.17, 15) is 0 Å². The Hall–Kier alpha value is -1.45. The van der Waals surface area contributed by atoms with Gasteiger partial charge < -0.3 is 0 Å². The van der Waals surface area contributed by atoms with Gasteiger partial charge in [-0.05, 0) is 35.6 Å². The molecule has 18 heavy (non-hydrogen) atoms. The van der Waals surface area contributed by atoms with Gasteiger partial charge in [-0.3, -0.25) is 16.3 Å². The molecule has 0 amide bonds. The molecule has 1 aromatic heterocycles. The third-order valence-electron chi connectivity index (χ3n) is 3.82. The number of fused-ring (bicyclic) bond motifs is 1. The lowest BCUT2D eigenvalue weighted by molar-refractivity contribution is 0.236. The minimum atomic E-state index is 0.116. The molecule has 1 atom stereocenters. The van der Waals surface area contributed by atoms with Crippen molar-refractivity contribution < 1.29 is 0 Å². The Balaban J connectivity index is 2.46. The minimum absolute atomic E-state index is 0.116. The molecule has 0 saturated carbocycles. The fraction of sp³-hybridized carbons (Fsp3) is 0.400. The zero-order valence-corrected chi connectivity index (χ0v) is 11.3. The van der Waals surface area contributed by atoms with E-state index in [1.165, 1.54) is 5.56 Å². The average molecular weight is 243 g/mol. The third kappa shape index (κ3) is 2.37. The number of benzene rings is 1. The number of hydrogen-bond donors (Lipinski definition) is 2. The highest BCUT2D eigenvalue weighted by molar-refractivity contribution is 5.79. The smallest absolute Gasteiger partial charge is 0.0702 e. The molecule has 96 valence electrons. The van der Waals surface area contributed by atoms with Gasteiger partial charge in [0.1, 0.15) is 0 Å². The molecule has 2 aromatic rings. The lowest BCUT2D eigenvalue weighted by atomic mass is 9.78. The van der Waals surface area contributed by atoms with Gasteiger partial charge in [-0.25, -0.2) is 0 Å². The molecule has 1 heterocycles. The van der Waals surface area contributed by atoms with Crippen LogP contribution in [0.25, 0.3) is 10.9 Å². The van der Waals surface area contributed by atoms with Crippen molar-refractivity contribution in [3.63, 3.8) is 0 Å². The van der Waals surface area contributed by atoms with Gasteiger partial charge >= 0.3 is 0 Å². The molecule has 0 saturated heterocycles. The predicted molar refractivity (Wildman–Crippen MR) is 75.9 cm³/mol. The zero-order valence-electron chi connectivity index (χ0n) is 11.3. The van der Waals surface area contributed by atoms with Gasteiger partial charge in [0, 0.05) is 11.6 Å². The molecule has 0 bridgehead atoms. The van der Waals surface area contributed by atoms with Crippen LogP contribution in [0.1, 0.15) is 38.8 Å². The van der Waals surface area contributed by atoms with Crippen molar-refractivity contribution in [2.45, 2.75) is 33.2 Å². The molecule has 3 heteroatoms. The first-order valence-electron chi connectivity index (χ1n) is 6.39. The second kappa shape index (κ2) is 5.04. The molecular weight excluding hydrogens is 222 g/mol. The number of rotatable bonds is 4. The Labute approximate surface area is 108 Å². The summed E-state index contributed by atoms with van der Waals surface area (Å²) >= 11 is 0. The molecule has 0 aliphatic carbocycles. The van der Waals surface area contributed by atoms with Crippen LogP contribution in [-0.2, 0) is 0 Å². The van der Waals surface area contributed by atoms with Gasteiger partial charge in [0.2, 0.25) is 0 Å². The highest BCUT2D eigenvalue weighted by Crippen LogP contribution is 2.36. The first kappa shape index (κ1) is 13.0. The number of aromatic nitrogens is 1. The van der Waals surface area contributed by atoms with Crippen molar-refractivity contribution in [2.24, 2.45) is 11.3 Å². The second-order valence-electron chi connectivity index (χ2n) is 5.40. The van der Waals surface area contributed by atoms with Crippen LogP contribution in [0.15, 0.2) is 36.5 Å². The number of nitrogens with one attached hydrogen (secondary N) is 1. The maximum atomic E-state index is 5.74. The van der Waals surface area contributed by atoms with E-state index in [4.69, 9.17) is 5.84 Å². The Kier molecular flexibility index (Phi) is 3.64. The van der Waals surface area contributed by atoms with E-state index in [1.807, 2.05) is 12.3 Å². The second-order valence-corrected chi connectivity index (χ2v) is 5.40. The molecule has 3 N–H and O–H groups in total. The Bertz CT molecular complexity index is 534. The number of hydrazine groups is 1. The minimum Gasteiger partial charge on any atom is -0.271 e. The molecular formula is C15H21N3. The summed E-state index contributed by atoms with van der Waals surface area (Å²) in [5, 5.41) is 1.15. The van der Waals surface area contributed by atoms with Crippen LogP contribution in [0.4, 0.5) is 0 Å². The Morgan fingerprint density at radius 3 is 2.78 bits per heavy atom. The maximum Gasteiger partial charge on any atom is 0.0702 e. The summed E-state index contributed by atoms with van der Waals surface area (Å²) in [6.45, 7) is 6.64. The normalized spacial score (nSPS) is 13.8. The predicted octanol–water partition coefficient (Wildman–Crippen LogP) is 3.18. The van der Waals surface area contributed by atoms with E-state index in [1.54, 1.807) is 0 Å². The maximum absolute atomic E-state index is 5.74. The van der Waals surface area contributed by atoms with Crippen molar-refractivity contribution in [2.75, 3.05) is 0 Å². The van der Waals surface area contributed by atoms with Crippen LogP contribution in [0.5, 0.6) is 0 Å². The summed E-state index contributed by atoms with van der Waals surface area (Å²) in [4.78, 5) is 4.34. The number of nitrogens with two attached hydrogens (primary N) is 1. The monoisotopic (exact) mass is 243 g/mol. The third-order valence-corrected chi connectivity index (χ3v) is 3.82. The van der Waals surface area contributed by atoms with Gasteiger partial charge in [0.25, 0.3) is 0 Å². The summed E-state index contributed by atoms with van der Waals surface area (Å²) in [6.07, 6.45) is 2.88. The van der Waals surface area contributed by atoms with Crippen LogP contribution in [-0.4, -0.2) is 4.98 Å². The molecule has 2 rings (SSSR count). The molecule has 0 aliphatic rings. The van der Waals surface area contributed by atoms with Crippen molar-refractivity contribution >= 4 is 10.9 Å². The van der Waals surface area contributed by atoms with Crippen molar-refractivity contribution in [3.8, 4) is 0 Å². The van der Waals surface area contributed by atoms with Crippen LogP contribution < -0.4 is 11.3 Å². The van der Waals surface area contributed by atoms with Crippen molar-refractivity contribution in [3.05, 3.63) is 42.1 Å². The molecule has 0 radical (unpaired) electrons. The van der Waals surface area contributed by atoms with Gasteiger partial charge in [-0.2, -0.15) is 0 Å². The molecule has 1 aromatic carbocycles. The quantitative estimate of drug-likeness (QED) is 0.640. The van der Waals surface area contributed by atoms with Gasteiger partial charge in [0.05, 0.1) is 11.6 Å². The largest absolute Gasteiger partial charge is 0.271 e. The van der Waals surface area contributed by atoms with Gasteiger partial charge in [0.15, 0.2) is 0 Å². The topological polar surface area (TPSA) is 50.9 Å². The molecule has 0 spiro atoms. The summed E-state index contributed by atoms with van der Waals surface area (Å²) in [6, 6.07) is 10.5. The standard InChI is InChI=1S/C15H21N3/c1-4-15(2,3)14(18-16)12-7-8-13-11(10-12)6-5-9-17-13/h5-10,14,18H,4,16H2,1-3H3. The van der Waals surface area contributed by atoms with E-state index < -0.39 is 0 Å². The van der Waals surface area contributed by atoms with Crippen LogP contribution in [0.2, 0.25) is 0 Å². The van der Waals surface area contributed by atoms with Gasteiger partial charge in [-0.15, -0.1) is 0 Å². The SMILES string of the molecule is CCC(C)(C)C(NN)c1ccc2ncccc2c1. The molecule has 0 aliphatic heterocycles. The van der Waals surface area contributed by atoms with Crippen molar-refractivity contribution in [1.82, 2.24) is 10.4 Å². The van der Waals surface area contributed by atoms with E-state index in [-0.39, 0.29) is 11.5 Å².